The first kappa shape index (κ1) is 22.0. The third-order valence-corrected chi connectivity index (χ3v) is 3.70. The molecule has 0 aromatic carbocycles. The largest absolute Gasteiger partial charge is 0.411 e. The van der Waals surface area contributed by atoms with Crippen LogP contribution in [-0.4, -0.2) is 71.9 Å². The number of halogens is 3. The Morgan fingerprint density at radius 2 is 1.68 bits per heavy atom. The van der Waals surface area contributed by atoms with Crippen LogP contribution in [0.2, 0.25) is 0 Å². The highest BCUT2D eigenvalue weighted by Crippen LogP contribution is 2.15. The molecule has 0 aliphatic carbocycles. The molecule has 1 aliphatic heterocycles. The number of hydrogen-bond acceptors (Lipinski definition) is 4. The molecule has 25 heavy (non-hydrogen) atoms. The summed E-state index contributed by atoms with van der Waals surface area (Å²) in [7, 11) is 1.65. The molecule has 6 nitrogen and oxygen atoms in total. The summed E-state index contributed by atoms with van der Waals surface area (Å²) >= 11 is 0. The van der Waals surface area contributed by atoms with E-state index in [-0.39, 0.29) is 6.61 Å². The van der Waals surface area contributed by atoms with Crippen molar-refractivity contribution in [2.45, 2.75) is 31.9 Å². The molecule has 0 amide bonds. The standard InChI is InChI=1S/C16H30F3N3O3/c1-20-15(22-7-3-9-25-13-16(17,18)19)21-6-2-8-24-12-14-4-10-23-11-5-14/h14H,2-13H2,1H3,(H2,20,21,22). The smallest absolute Gasteiger partial charge is 0.381 e. The zero-order chi connectivity index (χ0) is 18.4. The van der Waals surface area contributed by atoms with Crippen molar-refractivity contribution < 1.29 is 27.4 Å². The van der Waals surface area contributed by atoms with E-state index in [4.69, 9.17) is 9.47 Å². The lowest BCUT2D eigenvalue weighted by atomic mass is 10.0. The van der Waals surface area contributed by atoms with Gasteiger partial charge in [0.25, 0.3) is 0 Å². The van der Waals surface area contributed by atoms with Gasteiger partial charge in [-0.3, -0.25) is 4.99 Å². The van der Waals surface area contributed by atoms with E-state index in [0.29, 0.717) is 31.4 Å². The molecule has 1 fully saturated rings. The Kier molecular flexibility index (Phi) is 11.6. The fourth-order valence-electron chi connectivity index (χ4n) is 2.33. The fourth-order valence-corrected chi connectivity index (χ4v) is 2.33. The van der Waals surface area contributed by atoms with E-state index in [2.05, 4.69) is 20.4 Å². The van der Waals surface area contributed by atoms with Gasteiger partial charge in [0.15, 0.2) is 5.96 Å². The van der Waals surface area contributed by atoms with E-state index < -0.39 is 12.8 Å². The molecule has 0 spiro atoms. The summed E-state index contributed by atoms with van der Waals surface area (Å²) in [4.78, 5) is 4.06. The molecule has 1 saturated heterocycles. The van der Waals surface area contributed by atoms with Crippen molar-refractivity contribution in [2.75, 3.05) is 59.8 Å². The van der Waals surface area contributed by atoms with E-state index in [1.807, 2.05) is 0 Å². The highest BCUT2D eigenvalue weighted by Gasteiger charge is 2.27. The van der Waals surface area contributed by atoms with Gasteiger partial charge in [0, 0.05) is 53.2 Å². The first-order chi connectivity index (χ1) is 12.0. The number of hydrogen-bond donors (Lipinski definition) is 2. The van der Waals surface area contributed by atoms with Crippen LogP contribution in [0.5, 0.6) is 0 Å². The first-order valence-corrected chi connectivity index (χ1v) is 8.76. The summed E-state index contributed by atoms with van der Waals surface area (Å²) in [6, 6.07) is 0. The predicted octanol–water partition coefficient (Wildman–Crippen LogP) is 1.95. The van der Waals surface area contributed by atoms with Gasteiger partial charge in [-0.15, -0.1) is 0 Å². The zero-order valence-electron chi connectivity index (χ0n) is 14.9. The molecular formula is C16H30F3N3O3. The van der Waals surface area contributed by atoms with Crippen LogP contribution in [-0.2, 0) is 14.2 Å². The van der Waals surface area contributed by atoms with Crippen LogP contribution in [0, 0.1) is 5.92 Å². The quantitative estimate of drug-likeness (QED) is 0.331. The van der Waals surface area contributed by atoms with Crippen LogP contribution in [0.4, 0.5) is 13.2 Å². The number of nitrogens with zero attached hydrogens (tertiary/aromatic N) is 1. The van der Waals surface area contributed by atoms with Crippen LogP contribution in [0.1, 0.15) is 25.7 Å². The van der Waals surface area contributed by atoms with E-state index >= 15 is 0 Å². The van der Waals surface area contributed by atoms with Gasteiger partial charge in [-0.25, -0.2) is 0 Å². The second kappa shape index (κ2) is 13.2. The third kappa shape index (κ3) is 12.9. The molecule has 0 radical (unpaired) electrons. The molecule has 0 unspecified atom stereocenters. The maximum absolute atomic E-state index is 11.9. The zero-order valence-corrected chi connectivity index (χ0v) is 14.9. The third-order valence-electron chi connectivity index (χ3n) is 3.70. The average Bonchev–Trinajstić information content (AvgIpc) is 2.59. The van der Waals surface area contributed by atoms with Crippen molar-refractivity contribution >= 4 is 5.96 Å². The minimum Gasteiger partial charge on any atom is -0.381 e. The second-order valence-corrected chi connectivity index (χ2v) is 5.93. The van der Waals surface area contributed by atoms with Gasteiger partial charge >= 0.3 is 6.18 Å². The Hall–Kier alpha value is -1.06. The summed E-state index contributed by atoms with van der Waals surface area (Å²) in [5, 5.41) is 6.17. The van der Waals surface area contributed by atoms with E-state index in [0.717, 1.165) is 45.6 Å². The maximum Gasteiger partial charge on any atom is 0.411 e. The number of alkyl halides is 3. The number of guanidine groups is 1. The van der Waals surface area contributed by atoms with Crippen molar-refractivity contribution in [1.82, 2.24) is 10.6 Å². The van der Waals surface area contributed by atoms with Crippen molar-refractivity contribution in [3.05, 3.63) is 0 Å². The van der Waals surface area contributed by atoms with Crippen LogP contribution < -0.4 is 10.6 Å². The molecule has 0 atom stereocenters. The van der Waals surface area contributed by atoms with Crippen LogP contribution >= 0.6 is 0 Å². The normalized spacial score (nSPS) is 16.9. The molecule has 1 aliphatic rings. The molecule has 2 N–H and O–H groups in total. The fraction of sp³-hybridized carbons (Fsp3) is 0.938. The second-order valence-electron chi connectivity index (χ2n) is 5.93. The molecule has 0 saturated carbocycles. The minimum atomic E-state index is -4.27. The number of nitrogens with one attached hydrogen (secondary N) is 2. The lowest BCUT2D eigenvalue weighted by molar-refractivity contribution is -0.173. The molecule has 0 aromatic rings. The lowest BCUT2D eigenvalue weighted by Gasteiger charge is -2.21. The molecule has 148 valence electrons. The monoisotopic (exact) mass is 369 g/mol. The van der Waals surface area contributed by atoms with Gasteiger partial charge < -0.3 is 24.8 Å². The summed E-state index contributed by atoms with van der Waals surface area (Å²) in [5.74, 6) is 1.23. The molecule has 0 bridgehead atoms. The van der Waals surface area contributed by atoms with Crippen molar-refractivity contribution in [2.24, 2.45) is 10.9 Å². The Bertz CT molecular complexity index is 362. The van der Waals surface area contributed by atoms with Crippen LogP contribution in [0.15, 0.2) is 4.99 Å². The summed E-state index contributed by atoms with van der Waals surface area (Å²) < 4.78 is 51.2. The van der Waals surface area contributed by atoms with Gasteiger partial charge in [0.05, 0.1) is 0 Å². The Morgan fingerprint density at radius 3 is 2.24 bits per heavy atom. The van der Waals surface area contributed by atoms with Gasteiger partial charge in [-0.1, -0.05) is 0 Å². The minimum absolute atomic E-state index is 0.0591. The van der Waals surface area contributed by atoms with E-state index in [1.165, 1.54) is 0 Å². The Balaban J connectivity index is 1.92. The van der Waals surface area contributed by atoms with Gasteiger partial charge in [0.1, 0.15) is 6.61 Å². The molecule has 1 rings (SSSR count). The highest BCUT2D eigenvalue weighted by atomic mass is 19.4. The average molecular weight is 369 g/mol. The topological polar surface area (TPSA) is 64.1 Å². The first-order valence-electron chi connectivity index (χ1n) is 8.76. The van der Waals surface area contributed by atoms with Crippen molar-refractivity contribution in [3.63, 3.8) is 0 Å². The SMILES string of the molecule is CN=C(NCCCOCC1CCOCC1)NCCCOCC(F)(F)F. The molecule has 1 heterocycles. The number of rotatable bonds is 11. The Morgan fingerprint density at radius 1 is 1.08 bits per heavy atom. The predicted molar refractivity (Wildman–Crippen MR) is 89.8 cm³/mol. The van der Waals surface area contributed by atoms with Crippen LogP contribution in [0.3, 0.4) is 0 Å². The molecule has 9 heteroatoms. The van der Waals surface area contributed by atoms with Crippen molar-refractivity contribution in [3.8, 4) is 0 Å². The van der Waals surface area contributed by atoms with Gasteiger partial charge in [-0.2, -0.15) is 13.2 Å². The highest BCUT2D eigenvalue weighted by molar-refractivity contribution is 5.79. The van der Waals surface area contributed by atoms with E-state index in [1.54, 1.807) is 7.05 Å². The van der Waals surface area contributed by atoms with E-state index in [9.17, 15) is 13.2 Å². The summed E-state index contributed by atoms with van der Waals surface area (Å²) in [6.07, 6.45) is -0.787. The van der Waals surface area contributed by atoms with Crippen molar-refractivity contribution in [1.29, 1.82) is 0 Å². The molecular weight excluding hydrogens is 339 g/mol. The summed E-state index contributed by atoms with van der Waals surface area (Å²) in [6.45, 7) is 3.21. The maximum atomic E-state index is 11.9. The van der Waals surface area contributed by atoms with Crippen LogP contribution in [0.25, 0.3) is 0 Å². The molecule has 0 aromatic heterocycles. The number of aliphatic imine (C=N–C) groups is 1. The number of ether oxygens (including phenoxy) is 3. The van der Waals surface area contributed by atoms with Gasteiger partial charge in [0.2, 0.25) is 0 Å². The lowest BCUT2D eigenvalue weighted by Crippen LogP contribution is -2.38. The van der Waals surface area contributed by atoms with Gasteiger partial charge in [-0.05, 0) is 31.6 Å². The Labute approximate surface area is 147 Å². The summed E-state index contributed by atoms with van der Waals surface area (Å²) in [5.41, 5.74) is 0.